The molecule has 0 radical (unpaired) electrons. The van der Waals surface area contributed by atoms with E-state index in [0.29, 0.717) is 12.5 Å². The van der Waals surface area contributed by atoms with Crippen molar-refractivity contribution in [3.05, 3.63) is 29.8 Å². The number of hydrogen-bond acceptors (Lipinski definition) is 3. The molecule has 5 nitrogen and oxygen atoms in total. The van der Waals surface area contributed by atoms with Crippen LogP contribution in [0.1, 0.15) is 45.6 Å². The van der Waals surface area contributed by atoms with Crippen molar-refractivity contribution in [2.45, 2.75) is 53.1 Å². The molecule has 1 rings (SSSR count). The maximum atomic E-state index is 9.17. The summed E-state index contributed by atoms with van der Waals surface area (Å²) in [6.07, 6.45) is 3.06. The molecule has 1 aromatic rings. The minimum Gasteiger partial charge on any atom is -0.489 e. The summed E-state index contributed by atoms with van der Waals surface area (Å²) in [6.45, 7) is 10.8. The van der Waals surface area contributed by atoms with E-state index in [-0.39, 0.29) is 12.7 Å². The molecule has 0 aliphatic heterocycles. The normalized spacial score (nSPS) is 14.0. The van der Waals surface area contributed by atoms with Gasteiger partial charge < -0.3 is 20.5 Å². The van der Waals surface area contributed by atoms with Gasteiger partial charge >= 0.3 is 0 Å². The average Bonchev–Trinajstić information content (AvgIpc) is 2.57. The second-order valence-corrected chi connectivity index (χ2v) is 6.51. The molecule has 3 N–H and O–H groups in total. The van der Waals surface area contributed by atoms with Gasteiger partial charge in [0.2, 0.25) is 0 Å². The first-order valence-corrected chi connectivity index (χ1v) is 9.45. The number of aliphatic hydroxyl groups is 1. The van der Waals surface area contributed by atoms with E-state index in [4.69, 9.17) is 4.74 Å². The Morgan fingerprint density at radius 3 is 2.68 bits per heavy atom. The molecule has 0 saturated carbocycles. The molecule has 0 bridgehead atoms. The van der Waals surface area contributed by atoms with Crippen molar-refractivity contribution in [3.63, 3.8) is 0 Å². The standard InChI is InChI=1S/C20H35N3O2/c1-5-8-18(11-12-24)15-23-20(21-6-2)22-14-17(4)25-19-10-7-9-16(3)13-19/h7,9-10,13,17-18,24H,5-6,8,11-12,14-15H2,1-4H3,(H2,21,22,23). The van der Waals surface area contributed by atoms with Gasteiger partial charge in [-0.2, -0.15) is 0 Å². The Hall–Kier alpha value is -1.75. The average molecular weight is 350 g/mol. The van der Waals surface area contributed by atoms with Crippen LogP contribution >= 0.6 is 0 Å². The molecule has 0 aliphatic rings. The van der Waals surface area contributed by atoms with Crippen LogP contribution in [-0.2, 0) is 0 Å². The van der Waals surface area contributed by atoms with E-state index in [2.05, 4.69) is 42.5 Å². The number of aryl methyl sites for hydroxylation is 1. The summed E-state index contributed by atoms with van der Waals surface area (Å²) in [4.78, 5) is 4.67. The van der Waals surface area contributed by atoms with Crippen LogP contribution in [-0.4, -0.2) is 43.4 Å². The number of aliphatic imine (C=N–C) groups is 1. The van der Waals surface area contributed by atoms with Crippen molar-refractivity contribution < 1.29 is 9.84 Å². The second kappa shape index (κ2) is 12.6. The number of aliphatic hydroxyl groups excluding tert-OH is 1. The molecule has 0 amide bonds. The lowest BCUT2D eigenvalue weighted by Gasteiger charge is -2.19. The third-order valence-electron chi connectivity index (χ3n) is 3.97. The minimum absolute atomic E-state index is 0.0366. The van der Waals surface area contributed by atoms with Gasteiger partial charge in [0.05, 0.1) is 6.54 Å². The summed E-state index contributed by atoms with van der Waals surface area (Å²) in [5.74, 6) is 2.13. The summed E-state index contributed by atoms with van der Waals surface area (Å²) in [5.41, 5.74) is 1.19. The predicted octanol–water partition coefficient (Wildman–Crippen LogP) is 3.12. The number of rotatable bonds is 11. The number of hydrogen-bond donors (Lipinski definition) is 3. The van der Waals surface area contributed by atoms with Crippen molar-refractivity contribution in [1.82, 2.24) is 10.6 Å². The zero-order chi connectivity index (χ0) is 18.5. The summed E-state index contributed by atoms with van der Waals surface area (Å²) >= 11 is 0. The van der Waals surface area contributed by atoms with Gasteiger partial charge in [-0.1, -0.05) is 25.5 Å². The molecule has 142 valence electrons. The monoisotopic (exact) mass is 349 g/mol. The number of nitrogens with one attached hydrogen (secondary N) is 2. The van der Waals surface area contributed by atoms with Gasteiger partial charge in [0.15, 0.2) is 5.96 Å². The highest BCUT2D eigenvalue weighted by Crippen LogP contribution is 2.14. The zero-order valence-corrected chi connectivity index (χ0v) is 16.2. The van der Waals surface area contributed by atoms with E-state index in [1.807, 2.05) is 25.1 Å². The summed E-state index contributed by atoms with van der Waals surface area (Å²) in [6, 6.07) is 8.09. The smallest absolute Gasteiger partial charge is 0.191 e. The Balaban J connectivity index is 2.51. The van der Waals surface area contributed by atoms with Gasteiger partial charge in [-0.05, 0) is 57.2 Å². The first-order valence-electron chi connectivity index (χ1n) is 9.45. The minimum atomic E-state index is 0.0366. The van der Waals surface area contributed by atoms with Crippen LogP contribution in [0, 0.1) is 12.8 Å². The Bertz CT molecular complexity index is 499. The Morgan fingerprint density at radius 2 is 2.04 bits per heavy atom. The Labute approximate surface area is 152 Å². The zero-order valence-electron chi connectivity index (χ0n) is 16.2. The van der Waals surface area contributed by atoms with Gasteiger partial charge in [0.1, 0.15) is 11.9 Å². The van der Waals surface area contributed by atoms with E-state index in [1.54, 1.807) is 0 Å². The first-order chi connectivity index (χ1) is 12.1. The lowest BCUT2D eigenvalue weighted by Crippen LogP contribution is -2.42. The molecule has 2 atom stereocenters. The topological polar surface area (TPSA) is 65.9 Å². The SMILES string of the molecule is CCCC(CCO)CN=C(NCC)NCC(C)Oc1cccc(C)c1. The lowest BCUT2D eigenvalue weighted by atomic mass is 10.0. The third-order valence-corrected chi connectivity index (χ3v) is 3.97. The number of guanidine groups is 1. The van der Waals surface area contributed by atoms with Gasteiger partial charge in [0.25, 0.3) is 0 Å². The molecular formula is C20H35N3O2. The number of nitrogens with zero attached hydrogens (tertiary/aromatic N) is 1. The molecule has 1 aromatic carbocycles. The van der Waals surface area contributed by atoms with Crippen molar-refractivity contribution >= 4 is 5.96 Å². The summed E-state index contributed by atoms with van der Waals surface area (Å²) < 4.78 is 5.95. The molecule has 25 heavy (non-hydrogen) atoms. The summed E-state index contributed by atoms with van der Waals surface area (Å²) in [7, 11) is 0. The molecule has 0 aromatic heterocycles. The highest BCUT2D eigenvalue weighted by atomic mass is 16.5. The fourth-order valence-corrected chi connectivity index (χ4v) is 2.68. The van der Waals surface area contributed by atoms with Crippen molar-refractivity contribution in [2.24, 2.45) is 10.9 Å². The van der Waals surface area contributed by atoms with Crippen molar-refractivity contribution in [2.75, 3.05) is 26.2 Å². The van der Waals surface area contributed by atoms with Gasteiger partial charge in [-0.15, -0.1) is 0 Å². The molecule has 0 fully saturated rings. The molecular weight excluding hydrogens is 314 g/mol. The molecule has 0 aliphatic carbocycles. The van der Waals surface area contributed by atoms with E-state index in [0.717, 1.165) is 44.1 Å². The maximum Gasteiger partial charge on any atom is 0.191 e. The van der Waals surface area contributed by atoms with Crippen molar-refractivity contribution in [1.29, 1.82) is 0 Å². The quantitative estimate of drug-likeness (QED) is 0.424. The van der Waals surface area contributed by atoms with Crippen LogP contribution in [0.15, 0.2) is 29.3 Å². The number of benzene rings is 1. The lowest BCUT2D eigenvalue weighted by molar-refractivity contribution is 0.223. The fourth-order valence-electron chi connectivity index (χ4n) is 2.68. The van der Waals surface area contributed by atoms with E-state index in [1.165, 1.54) is 5.56 Å². The highest BCUT2D eigenvalue weighted by molar-refractivity contribution is 5.79. The third kappa shape index (κ3) is 9.34. The van der Waals surface area contributed by atoms with Crippen molar-refractivity contribution in [3.8, 4) is 5.75 Å². The molecule has 0 spiro atoms. The van der Waals surface area contributed by atoms with Crippen LogP contribution in [0.25, 0.3) is 0 Å². The van der Waals surface area contributed by atoms with Gasteiger partial charge in [0, 0.05) is 19.7 Å². The Kier molecular flexibility index (Phi) is 10.7. The first kappa shape index (κ1) is 21.3. The highest BCUT2D eigenvalue weighted by Gasteiger charge is 2.09. The summed E-state index contributed by atoms with van der Waals surface area (Å²) in [5, 5.41) is 15.8. The molecule has 2 unspecified atom stereocenters. The van der Waals surface area contributed by atoms with Crippen LogP contribution in [0.4, 0.5) is 0 Å². The number of ether oxygens (including phenoxy) is 1. The van der Waals surface area contributed by atoms with Gasteiger partial charge in [-0.3, -0.25) is 4.99 Å². The van der Waals surface area contributed by atoms with E-state index < -0.39 is 0 Å². The largest absolute Gasteiger partial charge is 0.489 e. The van der Waals surface area contributed by atoms with E-state index >= 15 is 0 Å². The second-order valence-electron chi connectivity index (χ2n) is 6.51. The maximum absolute atomic E-state index is 9.17. The Morgan fingerprint density at radius 1 is 1.24 bits per heavy atom. The van der Waals surface area contributed by atoms with E-state index in [9.17, 15) is 5.11 Å². The van der Waals surface area contributed by atoms with Crippen LogP contribution in [0.3, 0.4) is 0 Å². The fraction of sp³-hybridized carbons (Fsp3) is 0.650. The molecule has 5 heteroatoms. The van der Waals surface area contributed by atoms with Gasteiger partial charge in [-0.25, -0.2) is 0 Å². The predicted molar refractivity (Wildman–Crippen MR) is 105 cm³/mol. The van der Waals surface area contributed by atoms with Crippen LogP contribution < -0.4 is 15.4 Å². The molecule has 0 saturated heterocycles. The molecule has 0 heterocycles. The van der Waals surface area contributed by atoms with Crippen LogP contribution in [0.5, 0.6) is 5.75 Å². The van der Waals surface area contributed by atoms with Crippen LogP contribution in [0.2, 0.25) is 0 Å².